The Labute approximate surface area is 198 Å². The molecule has 0 radical (unpaired) electrons. The third-order valence-corrected chi connectivity index (χ3v) is 5.99. The Balaban J connectivity index is 1.77. The fourth-order valence-electron chi connectivity index (χ4n) is 4.20. The maximum absolute atomic E-state index is 13.1. The topological polar surface area (TPSA) is 164 Å². The second-order valence-corrected chi connectivity index (χ2v) is 8.19. The summed E-state index contributed by atoms with van der Waals surface area (Å²) in [5.41, 5.74) is 17.2. The monoisotopic (exact) mass is 466 g/mol. The number of nitrogens with two attached hydrogens (primary N) is 2. The van der Waals surface area contributed by atoms with Crippen molar-refractivity contribution < 1.29 is 19.1 Å². The Morgan fingerprint density at radius 3 is 2.50 bits per heavy atom. The molecular weight excluding hydrogens is 436 g/mol. The predicted molar refractivity (Wildman–Crippen MR) is 128 cm³/mol. The molecule has 0 spiro atoms. The Kier molecular flexibility index (Phi) is 7.85. The number of benzene rings is 2. The van der Waals surface area contributed by atoms with Crippen molar-refractivity contribution in [1.29, 1.82) is 5.41 Å². The number of carbonyl (C=O) groups is 3. The van der Waals surface area contributed by atoms with Gasteiger partial charge in [-0.05, 0) is 41.7 Å². The van der Waals surface area contributed by atoms with E-state index in [1.54, 1.807) is 43.4 Å². The normalized spacial score (nSPS) is 17.8. The smallest absolute Gasteiger partial charge is 0.337 e. The van der Waals surface area contributed by atoms with Gasteiger partial charge in [0.25, 0.3) is 0 Å². The van der Waals surface area contributed by atoms with Gasteiger partial charge in [0.2, 0.25) is 11.8 Å². The van der Waals surface area contributed by atoms with Gasteiger partial charge in [0.05, 0.1) is 18.6 Å². The Hall–Kier alpha value is -3.92. The number of amidine groups is 1. The van der Waals surface area contributed by atoms with Crippen molar-refractivity contribution in [2.24, 2.45) is 11.7 Å². The fourth-order valence-corrected chi connectivity index (χ4v) is 4.20. The molecule has 2 atom stereocenters. The molecule has 0 aliphatic carbocycles. The van der Waals surface area contributed by atoms with Crippen LogP contribution in [0.3, 0.4) is 0 Å². The summed E-state index contributed by atoms with van der Waals surface area (Å²) >= 11 is 0. The molecule has 1 heterocycles. The van der Waals surface area contributed by atoms with Crippen LogP contribution < -0.4 is 22.2 Å². The van der Waals surface area contributed by atoms with E-state index in [1.807, 2.05) is 0 Å². The first-order valence-electron chi connectivity index (χ1n) is 10.9. The molecule has 0 bridgehead atoms. The van der Waals surface area contributed by atoms with Crippen molar-refractivity contribution in [2.45, 2.75) is 25.3 Å². The van der Waals surface area contributed by atoms with Crippen LogP contribution in [0.15, 0.2) is 42.5 Å². The third-order valence-electron chi connectivity index (χ3n) is 5.99. The van der Waals surface area contributed by atoms with Crippen LogP contribution in [0.25, 0.3) is 0 Å². The first-order valence-corrected chi connectivity index (χ1v) is 10.9. The summed E-state index contributed by atoms with van der Waals surface area (Å²) < 4.78 is 4.81. The third kappa shape index (κ3) is 5.70. The number of nitrogen functional groups attached to an aromatic ring is 2. The Morgan fingerprint density at radius 2 is 1.88 bits per heavy atom. The molecule has 0 saturated carbocycles. The van der Waals surface area contributed by atoms with Crippen molar-refractivity contribution >= 4 is 29.3 Å². The lowest BCUT2D eigenvalue weighted by Gasteiger charge is -2.37. The van der Waals surface area contributed by atoms with Crippen LogP contribution in [0.1, 0.15) is 45.8 Å². The average Bonchev–Trinajstić information content (AvgIpc) is 2.83. The molecule has 1 fully saturated rings. The number of hydrogen-bond donors (Lipinski definition) is 5. The molecule has 3 rings (SSSR count). The van der Waals surface area contributed by atoms with Gasteiger partial charge in [-0.1, -0.05) is 24.3 Å². The Bertz CT molecular complexity index is 1090. The maximum Gasteiger partial charge on any atom is 0.337 e. The SMILES string of the molecule is CNN1CCC(c2cc(N)cc(C(=O)OC)c2)C(CC(=O)NCc2ccc(C(=N)N)cc2)C1=O. The van der Waals surface area contributed by atoms with E-state index in [1.165, 1.54) is 18.2 Å². The fraction of sp³-hybridized carbons (Fsp3) is 0.333. The van der Waals surface area contributed by atoms with E-state index in [-0.39, 0.29) is 36.5 Å². The molecule has 2 aromatic carbocycles. The zero-order chi connectivity index (χ0) is 24.8. The number of piperidine rings is 1. The van der Waals surface area contributed by atoms with Crippen LogP contribution in [-0.2, 0) is 20.9 Å². The van der Waals surface area contributed by atoms with E-state index in [4.69, 9.17) is 21.6 Å². The molecule has 10 nitrogen and oxygen atoms in total. The molecule has 180 valence electrons. The highest BCUT2D eigenvalue weighted by Gasteiger charge is 2.38. The van der Waals surface area contributed by atoms with E-state index in [0.29, 0.717) is 29.8 Å². The first kappa shape index (κ1) is 24.7. The minimum atomic E-state index is -0.631. The van der Waals surface area contributed by atoms with Crippen molar-refractivity contribution in [3.63, 3.8) is 0 Å². The molecule has 1 aliphatic heterocycles. The molecule has 2 aromatic rings. The van der Waals surface area contributed by atoms with Crippen molar-refractivity contribution in [3.8, 4) is 0 Å². The lowest BCUT2D eigenvalue weighted by molar-refractivity contribution is -0.145. The quantitative estimate of drug-likeness (QED) is 0.168. The van der Waals surface area contributed by atoms with Crippen LogP contribution in [0.5, 0.6) is 0 Å². The van der Waals surface area contributed by atoms with Gasteiger partial charge < -0.3 is 21.5 Å². The number of amides is 2. The van der Waals surface area contributed by atoms with E-state index in [0.717, 1.165) is 11.1 Å². The summed E-state index contributed by atoms with van der Waals surface area (Å²) in [5.74, 6) is -1.92. The van der Waals surface area contributed by atoms with Crippen LogP contribution in [-0.4, -0.2) is 49.3 Å². The second kappa shape index (κ2) is 10.8. The molecule has 2 amide bonds. The van der Waals surface area contributed by atoms with E-state index in [9.17, 15) is 14.4 Å². The van der Waals surface area contributed by atoms with Crippen molar-refractivity contribution in [1.82, 2.24) is 15.8 Å². The zero-order valence-electron chi connectivity index (χ0n) is 19.3. The highest BCUT2D eigenvalue weighted by atomic mass is 16.5. The lowest BCUT2D eigenvalue weighted by Crippen LogP contribution is -2.51. The first-order chi connectivity index (χ1) is 16.2. The number of methoxy groups -OCH3 is 1. The number of nitrogens with zero attached hydrogens (tertiary/aromatic N) is 1. The minimum Gasteiger partial charge on any atom is -0.465 e. The van der Waals surface area contributed by atoms with Gasteiger partial charge in [0.15, 0.2) is 0 Å². The number of carbonyl (C=O) groups excluding carboxylic acids is 3. The van der Waals surface area contributed by atoms with Gasteiger partial charge in [0, 0.05) is 37.8 Å². The van der Waals surface area contributed by atoms with Crippen LogP contribution in [0, 0.1) is 11.3 Å². The number of anilines is 1. The lowest BCUT2D eigenvalue weighted by atomic mass is 9.78. The van der Waals surface area contributed by atoms with Crippen LogP contribution in [0.2, 0.25) is 0 Å². The highest BCUT2D eigenvalue weighted by Crippen LogP contribution is 2.36. The van der Waals surface area contributed by atoms with Crippen LogP contribution >= 0.6 is 0 Å². The average molecular weight is 467 g/mol. The van der Waals surface area contributed by atoms with Gasteiger partial charge >= 0.3 is 5.97 Å². The van der Waals surface area contributed by atoms with Gasteiger partial charge in [-0.15, -0.1) is 0 Å². The van der Waals surface area contributed by atoms with Crippen molar-refractivity contribution in [2.75, 3.05) is 26.4 Å². The molecule has 34 heavy (non-hydrogen) atoms. The summed E-state index contributed by atoms with van der Waals surface area (Å²) in [6.45, 7) is 0.742. The van der Waals surface area contributed by atoms with E-state index < -0.39 is 11.9 Å². The number of rotatable bonds is 8. The van der Waals surface area contributed by atoms with Gasteiger partial charge in [0.1, 0.15) is 5.84 Å². The summed E-state index contributed by atoms with van der Waals surface area (Å²) in [5, 5.41) is 11.8. The maximum atomic E-state index is 13.1. The summed E-state index contributed by atoms with van der Waals surface area (Å²) in [6.07, 6.45) is 0.580. The number of hydrogen-bond acceptors (Lipinski definition) is 7. The van der Waals surface area contributed by atoms with Gasteiger partial charge in [-0.2, -0.15) is 0 Å². The molecule has 1 saturated heterocycles. The highest BCUT2D eigenvalue weighted by molar-refractivity contribution is 5.95. The minimum absolute atomic E-state index is 0.0183. The molecule has 1 aliphatic rings. The largest absolute Gasteiger partial charge is 0.465 e. The molecular formula is C24H30N6O4. The summed E-state index contributed by atoms with van der Waals surface area (Å²) in [4.78, 5) is 38.0. The molecule has 0 aromatic heterocycles. The van der Waals surface area contributed by atoms with Crippen LogP contribution in [0.4, 0.5) is 5.69 Å². The number of nitrogens with one attached hydrogen (secondary N) is 3. The van der Waals surface area contributed by atoms with Crippen molar-refractivity contribution in [3.05, 3.63) is 64.7 Å². The zero-order valence-corrected chi connectivity index (χ0v) is 19.3. The number of ether oxygens (including phenoxy) is 1. The number of hydrazine groups is 1. The standard InChI is InChI=1S/C24H30N6O4/c1-28-30-8-7-19(16-9-17(24(33)34-2)11-18(25)10-16)20(23(30)32)12-21(31)29-13-14-3-5-15(6-4-14)22(26)27/h3-6,9-11,19-20,28H,7-8,12-13,25H2,1-2H3,(H3,26,27)(H,29,31). The predicted octanol–water partition coefficient (Wildman–Crippen LogP) is 1.11. The summed E-state index contributed by atoms with van der Waals surface area (Å²) in [6, 6.07) is 11.9. The van der Waals surface area contributed by atoms with Gasteiger partial charge in [-0.25, -0.2) is 10.2 Å². The summed E-state index contributed by atoms with van der Waals surface area (Å²) in [7, 11) is 2.96. The molecule has 7 N–H and O–H groups in total. The van der Waals surface area contributed by atoms with E-state index >= 15 is 0 Å². The number of esters is 1. The molecule has 10 heteroatoms. The second-order valence-electron chi connectivity index (χ2n) is 8.19. The Morgan fingerprint density at radius 1 is 1.18 bits per heavy atom. The molecule has 2 unspecified atom stereocenters. The van der Waals surface area contributed by atoms with E-state index in [2.05, 4.69) is 10.7 Å². The van der Waals surface area contributed by atoms with Gasteiger partial charge in [-0.3, -0.25) is 20.0 Å².